The predicted molar refractivity (Wildman–Crippen MR) is 117 cm³/mol. The van der Waals surface area contributed by atoms with Gasteiger partial charge in [0.2, 0.25) is 11.8 Å². The maximum atomic E-state index is 13.5. The summed E-state index contributed by atoms with van der Waals surface area (Å²) < 4.78 is 10.3. The molecule has 2 aromatic carbocycles. The lowest BCUT2D eigenvalue weighted by Gasteiger charge is -2.29. The van der Waals surface area contributed by atoms with Gasteiger partial charge >= 0.3 is 5.97 Å². The third kappa shape index (κ3) is 2.83. The minimum atomic E-state index is -0.428. The second-order valence-corrected chi connectivity index (χ2v) is 9.02. The number of anilines is 1. The summed E-state index contributed by atoms with van der Waals surface area (Å²) in [5.41, 5.74) is 2.28. The van der Waals surface area contributed by atoms with Gasteiger partial charge in [0.15, 0.2) is 0 Å². The molecule has 0 aromatic heterocycles. The standard InChI is InChI=1S/C25H22N2O6/c1-12(28)32-16-9-5-14(6-10-16)27-24(29)19-17-11-18(20(19)25(27)30)23-21(17)22(26-33-23)13-3-7-15(31-2)8-4-13/h3-10,17-21,23H,11H2,1-2H3/t17-,18+,19-,20+,21-,23-/m1/s1. The monoisotopic (exact) mass is 446 g/mol. The van der Waals surface area contributed by atoms with Crippen molar-refractivity contribution in [3.8, 4) is 11.5 Å². The van der Waals surface area contributed by atoms with Gasteiger partial charge in [0.25, 0.3) is 0 Å². The van der Waals surface area contributed by atoms with E-state index >= 15 is 0 Å². The van der Waals surface area contributed by atoms with Crippen molar-refractivity contribution in [2.75, 3.05) is 12.0 Å². The first kappa shape index (κ1) is 20.0. The number of benzene rings is 2. The molecular weight excluding hydrogens is 424 g/mol. The molecular formula is C25H22N2O6. The Bertz CT molecular complexity index is 1190. The van der Waals surface area contributed by atoms with Crippen LogP contribution in [0.15, 0.2) is 53.7 Å². The van der Waals surface area contributed by atoms with Crippen LogP contribution < -0.4 is 14.4 Å². The first-order valence-corrected chi connectivity index (χ1v) is 11.0. The fourth-order valence-electron chi connectivity index (χ4n) is 6.21. The minimum absolute atomic E-state index is 0.00677. The fourth-order valence-corrected chi connectivity index (χ4v) is 6.21. The zero-order valence-electron chi connectivity index (χ0n) is 18.1. The number of hydrogen-bond donors (Lipinski definition) is 0. The van der Waals surface area contributed by atoms with E-state index in [0.29, 0.717) is 11.4 Å². The Balaban J connectivity index is 1.28. The van der Waals surface area contributed by atoms with Crippen molar-refractivity contribution in [2.45, 2.75) is 19.4 Å². The SMILES string of the molecule is COc1ccc(C2=NO[C@@H]3[C@H]4C[C@H]([C@H]5C(=O)N(c6ccc(OC(C)=O)cc6)C(=O)[C@@H]45)[C@H]23)cc1. The maximum Gasteiger partial charge on any atom is 0.308 e. The number of nitrogens with zero attached hydrogens (tertiary/aromatic N) is 2. The number of carbonyl (C=O) groups excluding carboxylic acids is 3. The lowest BCUT2D eigenvalue weighted by molar-refractivity contribution is -0.132. The van der Waals surface area contributed by atoms with Crippen molar-refractivity contribution in [2.24, 2.45) is 34.7 Å². The Kier molecular flexibility index (Phi) is 4.33. The number of oxime groups is 1. The first-order valence-electron chi connectivity index (χ1n) is 11.0. The molecule has 4 aliphatic rings. The summed E-state index contributed by atoms with van der Waals surface area (Å²) >= 11 is 0. The highest BCUT2D eigenvalue weighted by molar-refractivity contribution is 6.23. The van der Waals surface area contributed by atoms with E-state index in [1.807, 2.05) is 24.3 Å². The Morgan fingerprint density at radius 2 is 1.58 bits per heavy atom. The predicted octanol–water partition coefficient (Wildman–Crippen LogP) is 2.80. The number of ether oxygens (including phenoxy) is 2. The van der Waals surface area contributed by atoms with Gasteiger partial charge in [-0.25, -0.2) is 0 Å². The summed E-state index contributed by atoms with van der Waals surface area (Å²) in [6, 6.07) is 14.1. The number of hydrogen-bond acceptors (Lipinski definition) is 7. The lowest BCUT2D eigenvalue weighted by atomic mass is 9.71. The maximum absolute atomic E-state index is 13.5. The van der Waals surface area contributed by atoms with Crippen molar-refractivity contribution in [3.63, 3.8) is 0 Å². The van der Waals surface area contributed by atoms with Crippen molar-refractivity contribution in [1.82, 2.24) is 0 Å². The molecule has 1 saturated heterocycles. The number of esters is 1. The number of fused-ring (bicyclic) bond motifs is 8. The smallest absolute Gasteiger partial charge is 0.308 e. The van der Waals surface area contributed by atoms with Crippen LogP contribution >= 0.6 is 0 Å². The van der Waals surface area contributed by atoms with Crippen molar-refractivity contribution >= 4 is 29.2 Å². The number of rotatable bonds is 4. The van der Waals surface area contributed by atoms with Gasteiger partial charge in [-0.3, -0.25) is 19.3 Å². The molecule has 0 unspecified atom stereocenters. The highest BCUT2D eigenvalue weighted by atomic mass is 16.6. The van der Waals surface area contributed by atoms with Gasteiger partial charge in [-0.1, -0.05) is 5.16 Å². The Morgan fingerprint density at radius 3 is 2.21 bits per heavy atom. The van der Waals surface area contributed by atoms with Crippen LogP contribution in [-0.4, -0.2) is 36.7 Å². The molecule has 0 N–H and O–H groups in total. The van der Waals surface area contributed by atoms with Crippen LogP contribution in [0.25, 0.3) is 0 Å². The quantitative estimate of drug-likeness (QED) is 0.407. The molecule has 3 fully saturated rings. The number of imide groups is 1. The van der Waals surface area contributed by atoms with Gasteiger partial charge in [0, 0.05) is 24.3 Å². The molecule has 8 heteroatoms. The first-order chi connectivity index (χ1) is 16.0. The molecule has 168 valence electrons. The third-order valence-electron chi connectivity index (χ3n) is 7.43. The molecule has 2 aliphatic carbocycles. The molecule has 2 aromatic rings. The molecule has 6 rings (SSSR count). The zero-order valence-corrected chi connectivity index (χ0v) is 18.1. The van der Waals surface area contributed by atoms with E-state index < -0.39 is 5.97 Å². The van der Waals surface area contributed by atoms with E-state index in [9.17, 15) is 14.4 Å². The summed E-state index contributed by atoms with van der Waals surface area (Å²) in [4.78, 5) is 45.2. The normalized spacial score (nSPS) is 31.2. The van der Waals surface area contributed by atoms with Gasteiger partial charge in [0.1, 0.15) is 17.6 Å². The van der Waals surface area contributed by atoms with Crippen LogP contribution in [0.4, 0.5) is 5.69 Å². The lowest BCUT2D eigenvalue weighted by Crippen LogP contribution is -2.41. The molecule has 8 nitrogen and oxygen atoms in total. The Morgan fingerprint density at radius 1 is 0.939 bits per heavy atom. The molecule has 6 atom stereocenters. The zero-order chi connectivity index (χ0) is 22.9. The Hall–Kier alpha value is -3.68. The average molecular weight is 446 g/mol. The second-order valence-electron chi connectivity index (χ2n) is 9.02. The highest BCUT2D eigenvalue weighted by Crippen LogP contribution is 2.62. The van der Waals surface area contributed by atoms with Crippen LogP contribution in [0.2, 0.25) is 0 Å². The minimum Gasteiger partial charge on any atom is -0.497 e. The average Bonchev–Trinajstić information content (AvgIpc) is 3.55. The largest absolute Gasteiger partial charge is 0.497 e. The van der Waals surface area contributed by atoms with Crippen LogP contribution in [0.1, 0.15) is 18.9 Å². The molecule has 2 aliphatic heterocycles. The summed E-state index contributed by atoms with van der Waals surface area (Å²) in [5.74, 6) is -0.444. The molecule has 2 amide bonds. The number of amides is 2. The van der Waals surface area contributed by atoms with Gasteiger partial charge in [-0.2, -0.15) is 0 Å². The van der Waals surface area contributed by atoms with Gasteiger partial charge < -0.3 is 14.3 Å². The molecule has 0 spiro atoms. The molecule has 2 saturated carbocycles. The van der Waals surface area contributed by atoms with Crippen LogP contribution in [0.3, 0.4) is 0 Å². The highest BCUT2D eigenvalue weighted by Gasteiger charge is 2.70. The van der Waals surface area contributed by atoms with Gasteiger partial charge in [0.05, 0.1) is 30.3 Å². The van der Waals surface area contributed by atoms with E-state index in [0.717, 1.165) is 23.4 Å². The topological polar surface area (TPSA) is 94.5 Å². The van der Waals surface area contributed by atoms with Gasteiger partial charge in [-0.15, -0.1) is 0 Å². The summed E-state index contributed by atoms with van der Waals surface area (Å²) in [6.45, 7) is 1.32. The number of carbonyl (C=O) groups is 3. The second kappa shape index (κ2) is 7.16. The molecule has 33 heavy (non-hydrogen) atoms. The Labute approximate surface area is 190 Å². The van der Waals surface area contributed by atoms with Crippen molar-refractivity contribution in [3.05, 3.63) is 54.1 Å². The van der Waals surface area contributed by atoms with E-state index in [1.54, 1.807) is 31.4 Å². The number of methoxy groups -OCH3 is 1. The fraction of sp³-hybridized carbons (Fsp3) is 0.360. The summed E-state index contributed by atoms with van der Waals surface area (Å²) in [6.07, 6.45) is 0.604. The van der Waals surface area contributed by atoms with E-state index in [2.05, 4.69) is 5.16 Å². The van der Waals surface area contributed by atoms with Gasteiger partial charge in [-0.05, 0) is 60.9 Å². The summed E-state index contributed by atoms with van der Waals surface area (Å²) in [7, 11) is 1.62. The van der Waals surface area contributed by atoms with Crippen LogP contribution in [0.5, 0.6) is 11.5 Å². The van der Waals surface area contributed by atoms with E-state index in [-0.39, 0.29) is 47.5 Å². The van der Waals surface area contributed by atoms with E-state index in [1.165, 1.54) is 11.8 Å². The summed E-state index contributed by atoms with van der Waals surface area (Å²) in [5, 5.41) is 4.37. The van der Waals surface area contributed by atoms with E-state index in [4.69, 9.17) is 14.3 Å². The molecule has 2 bridgehead atoms. The van der Waals surface area contributed by atoms with Crippen molar-refractivity contribution < 1.29 is 28.7 Å². The third-order valence-corrected chi connectivity index (χ3v) is 7.43. The molecule has 2 heterocycles. The van der Waals surface area contributed by atoms with Crippen LogP contribution in [-0.2, 0) is 19.2 Å². The van der Waals surface area contributed by atoms with Crippen molar-refractivity contribution in [1.29, 1.82) is 0 Å². The van der Waals surface area contributed by atoms with Crippen LogP contribution in [0, 0.1) is 29.6 Å². The molecule has 0 radical (unpaired) electrons.